The lowest BCUT2D eigenvalue weighted by Gasteiger charge is -2.05. The van der Waals surface area contributed by atoms with Crippen molar-refractivity contribution in [1.29, 1.82) is 0 Å². The molecule has 4 aromatic heterocycles. The second-order valence-electron chi connectivity index (χ2n) is 6.80. The first-order chi connectivity index (χ1) is 14.0. The molecule has 0 fully saturated rings. The van der Waals surface area contributed by atoms with Crippen LogP contribution in [0, 0.1) is 13.8 Å². The molecule has 0 aromatic carbocycles. The number of thiazole rings is 1. The summed E-state index contributed by atoms with van der Waals surface area (Å²) in [5, 5.41) is 4.90. The van der Waals surface area contributed by atoms with Gasteiger partial charge in [-0.3, -0.25) is 14.8 Å². The van der Waals surface area contributed by atoms with Crippen molar-refractivity contribution in [3.63, 3.8) is 0 Å². The van der Waals surface area contributed by atoms with Crippen molar-refractivity contribution in [2.75, 3.05) is 0 Å². The van der Waals surface area contributed by atoms with Crippen LogP contribution < -0.4 is 0 Å². The van der Waals surface area contributed by atoms with Crippen molar-refractivity contribution < 1.29 is 9.32 Å². The zero-order chi connectivity index (χ0) is 20.4. The van der Waals surface area contributed by atoms with E-state index in [1.165, 1.54) is 0 Å². The highest BCUT2D eigenvalue weighted by molar-refractivity contribution is 7.15. The summed E-state index contributed by atoms with van der Waals surface area (Å²) in [4.78, 5) is 27.0. The number of nitrogens with zero attached hydrogens (tertiary/aromatic N) is 4. The molecular formula is C22H20N4O2S. The van der Waals surface area contributed by atoms with Crippen LogP contribution in [0.4, 0.5) is 0 Å². The minimum atomic E-state index is 0.0162. The Morgan fingerprint density at radius 1 is 1.17 bits per heavy atom. The normalized spacial score (nSPS) is 11.0. The Labute approximate surface area is 172 Å². The molecule has 0 aliphatic heterocycles. The fraction of sp³-hybridized carbons (Fsp3) is 0.227. The Morgan fingerprint density at radius 2 is 2.03 bits per heavy atom. The summed E-state index contributed by atoms with van der Waals surface area (Å²) < 4.78 is 5.17. The molecule has 0 aliphatic carbocycles. The number of hydrogen-bond acceptors (Lipinski definition) is 7. The topological polar surface area (TPSA) is 81.8 Å². The monoisotopic (exact) mass is 404 g/mol. The SMILES string of the molecule is CCc1sc(-c2cc(C)on2)nc1-c1ccc(CC(=O)c2cnccc2C)nc1. The van der Waals surface area contributed by atoms with Gasteiger partial charge < -0.3 is 4.52 Å². The van der Waals surface area contributed by atoms with Gasteiger partial charge in [-0.05, 0) is 44.0 Å². The van der Waals surface area contributed by atoms with Crippen molar-refractivity contribution in [2.24, 2.45) is 0 Å². The van der Waals surface area contributed by atoms with Gasteiger partial charge in [-0.25, -0.2) is 4.98 Å². The van der Waals surface area contributed by atoms with E-state index in [2.05, 4.69) is 22.0 Å². The van der Waals surface area contributed by atoms with Gasteiger partial charge in [-0.1, -0.05) is 12.1 Å². The molecule has 0 saturated heterocycles. The van der Waals surface area contributed by atoms with Crippen LogP contribution in [0.1, 0.15) is 39.2 Å². The summed E-state index contributed by atoms with van der Waals surface area (Å²) in [5.41, 5.74) is 4.86. The van der Waals surface area contributed by atoms with Gasteiger partial charge in [0.05, 0.1) is 12.1 Å². The Balaban J connectivity index is 1.57. The van der Waals surface area contributed by atoms with E-state index in [0.717, 1.165) is 50.3 Å². The van der Waals surface area contributed by atoms with Crippen LogP contribution in [0.3, 0.4) is 0 Å². The van der Waals surface area contributed by atoms with Gasteiger partial charge in [-0.15, -0.1) is 11.3 Å². The van der Waals surface area contributed by atoms with Gasteiger partial charge in [-0.2, -0.15) is 0 Å². The smallest absolute Gasteiger partial charge is 0.170 e. The molecule has 0 spiro atoms. The summed E-state index contributed by atoms with van der Waals surface area (Å²) in [5.74, 6) is 0.775. The van der Waals surface area contributed by atoms with E-state index in [0.29, 0.717) is 5.56 Å². The van der Waals surface area contributed by atoms with E-state index >= 15 is 0 Å². The van der Waals surface area contributed by atoms with Crippen LogP contribution in [0.5, 0.6) is 0 Å². The van der Waals surface area contributed by atoms with Gasteiger partial charge in [0.1, 0.15) is 16.5 Å². The summed E-state index contributed by atoms with van der Waals surface area (Å²) in [6.07, 6.45) is 6.19. The molecule has 146 valence electrons. The van der Waals surface area contributed by atoms with E-state index in [1.807, 2.05) is 38.1 Å². The Bertz CT molecular complexity index is 1160. The molecule has 0 amide bonds. The zero-order valence-corrected chi connectivity index (χ0v) is 17.3. The van der Waals surface area contributed by atoms with Crippen LogP contribution in [0.15, 0.2) is 47.4 Å². The average Bonchev–Trinajstić information content (AvgIpc) is 3.35. The van der Waals surface area contributed by atoms with Gasteiger partial charge in [0, 0.05) is 46.4 Å². The second kappa shape index (κ2) is 8.05. The summed E-state index contributed by atoms with van der Waals surface area (Å²) in [6.45, 7) is 5.88. The third-order valence-corrected chi connectivity index (χ3v) is 5.87. The minimum Gasteiger partial charge on any atom is -0.361 e. The summed E-state index contributed by atoms with van der Waals surface area (Å²) >= 11 is 1.61. The Morgan fingerprint density at radius 3 is 2.69 bits per heavy atom. The van der Waals surface area contributed by atoms with Crippen LogP contribution in [0.25, 0.3) is 22.0 Å². The highest BCUT2D eigenvalue weighted by Crippen LogP contribution is 2.33. The first-order valence-corrected chi connectivity index (χ1v) is 10.2. The van der Waals surface area contributed by atoms with Crippen LogP contribution >= 0.6 is 11.3 Å². The maximum absolute atomic E-state index is 12.5. The maximum Gasteiger partial charge on any atom is 0.170 e. The molecule has 7 heteroatoms. The first-order valence-electron chi connectivity index (χ1n) is 9.37. The standard InChI is InChI=1S/C22H20N4O2S/c1-4-20-21(25-22(29-20)18-9-14(3)28-26-18)15-5-6-16(24-11-15)10-19(27)17-12-23-8-7-13(17)2/h5-9,11-12H,4,10H2,1-3H3. The molecule has 4 heterocycles. The molecule has 4 aromatic rings. The van der Waals surface area contributed by atoms with Crippen molar-refractivity contribution in [1.82, 2.24) is 20.1 Å². The van der Waals surface area contributed by atoms with Crippen LogP contribution in [-0.2, 0) is 12.8 Å². The van der Waals surface area contributed by atoms with E-state index in [1.54, 1.807) is 29.9 Å². The predicted octanol–water partition coefficient (Wildman–Crippen LogP) is 4.86. The molecule has 29 heavy (non-hydrogen) atoms. The highest BCUT2D eigenvalue weighted by Gasteiger charge is 2.17. The molecule has 0 aliphatic rings. The number of ketones is 1. The van der Waals surface area contributed by atoms with Gasteiger partial charge in [0.2, 0.25) is 0 Å². The molecule has 0 saturated carbocycles. The zero-order valence-electron chi connectivity index (χ0n) is 16.5. The van der Waals surface area contributed by atoms with E-state index in [4.69, 9.17) is 9.51 Å². The van der Waals surface area contributed by atoms with E-state index in [9.17, 15) is 4.79 Å². The minimum absolute atomic E-state index is 0.0162. The summed E-state index contributed by atoms with van der Waals surface area (Å²) in [7, 11) is 0. The van der Waals surface area contributed by atoms with Crippen molar-refractivity contribution in [3.05, 3.63) is 70.3 Å². The predicted molar refractivity (Wildman–Crippen MR) is 112 cm³/mol. The van der Waals surface area contributed by atoms with Crippen molar-refractivity contribution in [2.45, 2.75) is 33.6 Å². The van der Waals surface area contributed by atoms with Gasteiger partial charge >= 0.3 is 0 Å². The number of carbonyl (C=O) groups excluding carboxylic acids is 1. The number of aryl methyl sites for hydroxylation is 3. The number of pyridine rings is 2. The number of rotatable bonds is 6. The fourth-order valence-electron chi connectivity index (χ4n) is 3.08. The third kappa shape index (κ3) is 4.00. The number of aromatic nitrogens is 4. The van der Waals surface area contributed by atoms with Crippen molar-refractivity contribution >= 4 is 17.1 Å². The molecule has 6 nitrogen and oxygen atoms in total. The molecule has 4 rings (SSSR count). The summed E-state index contributed by atoms with van der Waals surface area (Å²) in [6, 6.07) is 7.58. The highest BCUT2D eigenvalue weighted by atomic mass is 32.1. The lowest BCUT2D eigenvalue weighted by Crippen LogP contribution is -2.07. The number of Topliss-reactive ketones (excluding diaryl/α,β-unsaturated/α-hetero) is 1. The van der Waals surface area contributed by atoms with Gasteiger partial charge in [0.15, 0.2) is 5.78 Å². The third-order valence-electron chi connectivity index (χ3n) is 4.64. The molecule has 0 atom stereocenters. The molecule has 0 N–H and O–H groups in total. The van der Waals surface area contributed by atoms with Crippen molar-refractivity contribution in [3.8, 4) is 22.0 Å². The number of carbonyl (C=O) groups is 1. The fourth-order valence-corrected chi connectivity index (χ4v) is 4.05. The van der Waals surface area contributed by atoms with E-state index < -0.39 is 0 Å². The molecular weight excluding hydrogens is 384 g/mol. The van der Waals surface area contributed by atoms with Gasteiger partial charge in [0.25, 0.3) is 0 Å². The Hall–Kier alpha value is -3.19. The second-order valence-corrected chi connectivity index (χ2v) is 7.88. The lowest BCUT2D eigenvalue weighted by molar-refractivity contribution is 0.0991. The molecule has 0 radical (unpaired) electrons. The molecule has 0 bridgehead atoms. The van der Waals surface area contributed by atoms with Crippen LogP contribution in [-0.4, -0.2) is 25.9 Å². The Kier molecular flexibility index (Phi) is 5.31. The van der Waals surface area contributed by atoms with E-state index in [-0.39, 0.29) is 12.2 Å². The first kappa shape index (κ1) is 19.1. The quantitative estimate of drug-likeness (QED) is 0.427. The maximum atomic E-state index is 12.5. The largest absolute Gasteiger partial charge is 0.361 e. The molecule has 0 unspecified atom stereocenters. The lowest BCUT2D eigenvalue weighted by atomic mass is 10.0. The number of hydrogen-bond donors (Lipinski definition) is 0. The van der Waals surface area contributed by atoms with Crippen LogP contribution in [0.2, 0.25) is 0 Å². The average molecular weight is 404 g/mol.